The number of hydrogen-bond acceptors (Lipinski definition) is 4. The van der Waals surface area contributed by atoms with E-state index in [1.54, 1.807) is 0 Å². The van der Waals surface area contributed by atoms with E-state index in [0.717, 1.165) is 60.2 Å². The van der Waals surface area contributed by atoms with Gasteiger partial charge in [0.15, 0.2) is 0 Å². The van der Waals surface area contributed by atoms with E-state index in [1.165, 1.54) is 64.2 Å². The first kappa shape index (κ1) is 25.4. The Balaban J connectivity index is 1.35. The summed E-state index contributed by atoms with van der Waals surface area (Å²) in [5.74, 6) is 4.16. The van der Waals surface area contributed by atoms with E-state index in [9.17, 15) is 5.26 Å². The van der Waals surface area contributed by atoms with Crippen LogP contribution in [0.3, 0.4) is 0 Å². The van der Waals surface area contributed by atoms with Crippen LogP contribution in [0.15, 0.2) is 0 Å². The normalized spacial score (nSPS) is 35.7. The highest BCUT2D eigenvalue weighted by Crippen LogP contribution is 2.49. The number of halogens is 2. The Hall–Kier alpha value is 0.800. The Bertz CT molecular complexity index is 458. The molecule has 5 unspecified atom stereocenters. The third-order valence-electron chi connectivity index (χ3n) is 8.17. The molecule has 3 rings (SSSR count). The molecule has 0 aliphatic heterocycles. The van der Waals surface area contributed by atoms with Gasteiger partial charge in [0.05, 0.1) is 18.8 Å². The van der Waals surface area contributed by atoms with Crippen molar-refractivity contribution in [1.29, 1.82) is 0 Å². The molecule has 0 amide bonds. The van der Waals surface area contributed by atoms with Gasteiger partial charge in [-0.25, -0.2) is 4.89 Å². The van der Waals surface area contributed by atoms with Gasteiger partial charge in [0.1, 0.15) is 6.79 Å². The van der Waals surface area contributed by atoms with Crippen molar-refractivity contribution in [1.82, 2.24) is 0 Å². The summed E-state index contributed by atoms with van der Waals surface area (Å²) in [6, 6.07) is 0. The van der Waals surface area contributed by atoms with Crippen LogP contribution in [0.4, 0.5) is 0 Å². The molecule has 3 aliphatic carbocycles. The van der Waals surface area contributed by atoms with Crippen LogP contribution in [-0.4, -0.2) is 41.5 Å². The van der Waals surface area contributed by atoms with Gasteiger partial charge in [-0.05, 0) is 113 Å². The molecule has 0 bridgehead atoms. The van der Waals surface area contributed by atoms with Crippen molar-refractivity contribution >= 4 is 31.9 Å². The quantitative estimate of drug-likeness (QED) is 0.0913. The van der Waals surface area contributed by atoms with Crippen molar-refractivity contribution in [2.75, 3.05) is 24.1 Å². The fourth-order valence-corrected chi connectivity index (χ4v) is 7.02. The largest absolute Gasteiger partial charge is 0.355 e. The molecule has 1 N–H and O–H groups in total. The second-order valence-electron chi connectivity index (χ2n) is 9.91. The standard InChI is InChI=1S/C24H42Br2O4/c25-12-1-3-24(30-27)22-7-6-20-15-19(4-5-21(20)16-22)18-8-10-23(11-9-18)29-17-28-14-2-13-26/h18-24,27H,1-17H2. The van der Waals surface area contributed by atoms with Crippen LogP contribution in [0.1, 0.15) is 83.5 Å². The predicted molar refractivity (Wildman–Crippen MR) is 128 cm³/mol. The third-order valence-corrected chi connectivity index (χ3v) is 9.29. The first-order valence-electron chi connectivity index (χ1n) is 12.4. The summed E-state index contributed by atoms with van der Waals surface area (Å²) < 4.78 is 11.5. The zero-order valence-corrected chi connectivity index (χ0v) is 21.7. The zero-order chi connectivity index (χ0) is 21.2. The lowest BCUT2D eigenvalue weighted by molar-refractivity contribution is -0.295. The topological polar surface area (TPSA) is 47.9 Å². The van der Waals surface area contributed by atoms with E-state index in [1.807, 2.05) is 0 Å². The van der Waals surface area contributed by atoms with E-state index in [2.05, 4.69) is 31.9 Å². The minimum Gasteiger partial charge on any atom is -0.355 e. The summed E-state index contributed by atoms with van der Waals surface area (Å²) in [5.41, 5.74) is 0. The number of hydrogen-bond donors (Lipinski definition) is 1. The molecule has 0 heterocycles. The summed E-state index contributed by atoms with van der Waals surface area (Å²) in [7, 11) is 0. The minimum absolute atomic E-state index is 0.0416. The molecule has 176 valence electrons. The molecular formula is C24H42Br2O4. The molecule has 3 fully saturated rings. The van der Waals surface area contributed by atoms with Gasteiger partial charge >= 0.3 is 0 Å². The molecule has 5 atom stereocenters. The van der Waals surface area contributed by atoms with Crippen LogP contribution in [0.5, 0.6) is 0 Å². The van der Waals surface area contributed by atoms with Gasteiger partial charge in [0.25, 0.3) is 0 Å². The summed E-state index contributed by atoms with van der Waals surface area (Å²) >= 11 is 6.93. The molecule has 30 heavy (non-hydrogen) atoms. The van der Waals surface area contributed by atoms with E-state index < -0.39 is 0 Å². The SMILES string of the molecule is OOC(CCCBr)C1CCC2CC(C3CCC(OCOCCCBr)CC3)CCC2C1. The zero-order valence-electron chi connectivity index (χ0n) is 18.5. The molecule has 0 aromatic heterocycles. The number of fused-ring (bicyclic) bond motifs is 1. The average molecular weight is 554 g/mol. The van der Waals surface area contributed by atoms with Crippen LogP contribution in [0.25, 0.3) is 0 Å². The second kappa shape index (κ2) is 14.1. The monoisotopic (exact) mass is 552 g/mol. The Morgan fingerprint density at radius 1 is 0.767 bits per heavy atom. The molecule has 4 nitrogen and oxygen atoms in total. The highest BCUT2D eigenvalue weighted by molar-refractivity contribution is 9.09. The number of alkyl halides is 2. The Morgan fingerprint density at radius 2 is 1.40 bits per heavy atom. The van der Waals surface area contributed by atoms with Crippen molar-refractivity contribution < 1.29 is 19.6 Å². The minimum atomic E-state index is 0.0416. The molecule has 0 aromatic carbocycles. The first-order valence-corrected chi connectivity index (χ1v) is 14.6. The van der Waals surface area contributed by atoms with Crippen LogP contribution in [-0.2, 0) is 14.4 Å². The maximum absolute atomic E-state index is 9.39. The summed E-state index contributed by atoms with van der Waals surface area (Å²) in [6.45, 7) is 1.25. The Labute approximate surface area is 200 Å². The molecule has 0 spiro atoms. The van der Waals surface area contributed by atoms with Crippen LogP contribution < -0.4 is 0 Å². The van der Waals surface area contributed by atoms with Crippen molar-refractivity contribution in [2.45, 2.75) is 95.7 Å². The third kappa shape index (κ3) is 7.69. The Morgan fingerprint density at radius 3 is 2.10 bits per heavy atom. The molecule has 3 saturated carbocycles. The molecule has 0 saturated heterocycles. The van der Waals surface area contributed by atoms with E-state index in [4.69, 9.17) is 14.4 Å². The van der Waals surface area contributed by atoms with E-state index in [0.29, 0.717) is 18.8 Å². The molecular weight excluding hydrogens is 512 g/mol. The fraction of sp³-hybridized carbons (Fsp3) is 1.00. The van der Waals surface area contributed by atoms with Gasteiger partial charge in [0.2, 0.25) is 0 Å². The summed E-state index contributed by atoms with van der Waals surface area (Å²) in [4.78, 5) is 4.90. The van der Waals surface area contributed by atoms with Crippen molar-refractivity contribution in [3.63, 3.8) is 0 Å². The van der Waals surface area contributed by atoms with E-state index in [-0.39, 0.29) is 6.10 Å². The summed E-state index contributed by atoms with van der Waals surface area (Å²) in [6.07, 6.45) is 16.7. The molecule has 6 heteroatoms. The van der Waals surface area contributed by atoms with Crippen LogP contribution >= 0.6 is 31.9 Å². The van der Waals surface area contributed by atoms with Gasteiger partial charge in [-0.3, -0.25) is 5.26 Å². The van der Waals surface area contributed by atoms with Crippen molar-refractivity contribution in [3.05, 3.63) is 0 Å². The lowest BCUT2D eigenvalue weighted by atomic mass is 9.60. The van der Waals surface area contributed by atoms with Crippen LogP contribution in [0, 0.1) is 29.6 Å². The van der Waals surface area contributed by atoms with Gasteiger partial charge in [-0.2, -0.15) is 0 Å². The number of ether oxygens (including phenoxy) is 2. The van der Waals surface area contributed by atoms with Crippen molar-refractivity contribution in [2.24, 2.45) is 29.6 Å². The first-order chi connectivity index (χ1) is 14.7. The molecule has 3 aliphatic rings. The Kier molecular flexibility index (Phi) is 12.0. The maximum Gasteiger partial charge on any atom is 0.147 e. The summed E-state index contributed by atoms with van der Waals surface area (Å²) in [5, 5.41) is 11.4. The van der Waals surface area contributed by atoms with Crippen LogP contribution in [0.2, 0.25) is 0 Å². The molecule has 0 radical (unpaired) electrons. The van der Waals surface area contributed by atoms with Gasteiger partial charge in [-0.15, -0.1) is 0 Å². The van der Waals surface area contributed by atoms with Gasteiger partial charge in [-0.1, -0.05) is 31.9 Å². The lowest BCUT2D eigenvalue weighted by Gasteiger charge is -2.46. The maximum atomic E-state index is 9.39. The highest BCUT2D eigenvalue weighted by atomic mass is 79.9. The van der Waals surface area contributed by atoms with Gasteiger partial charge < -0.3 is 9.47 Å². The van der Waals surface area contributed by atoms with Crippen molar-refractivity contribution in [3.8, 4) is 0 Å². The number of rotatable bonds is 12. The smallest absolute Gasteiger partial charge is 0.147 e. The predicted octanol–water partition coefficient (Wildman–Crippen LogP) is 7.19. The lowest BCUT2D eigenvalue weighted by Crippen LogP contribution is -2.38. The van der Waals surface area contributed by atoms with Gasteiger partial charge in [0, 0.05) is 10.7 Å². The fourth-order valence-electron chi connectivity index (χ4n) is 6.47. The average Bonchev–Trinajstić information content (AvgIpc) is 2.79. The highest BCUT2D eigenvalue weighted by Gasteiger charge is 2.40. The molecule has 0 aromatic rings. The van der Waals surface area contributed by atoms with E-state index >= 15 is 0 Å². The second-order valence-corrected chi connectivity index (χ2v) is 11.5.